The van der Waals surface area contributed by atoms with Gasteiger partial charge in [0.15, 0.2) is 8.32 Å². The van der Waals surface area contributed by atoms with Crippen LogP contribution in [0.3, 0.4) is 0 Å². The summed E-state index contributed by atoms with van der Waals surface area (Å²) < 4.78 is 16.9. The van der Waals surface area contributed by atoms with Crippen molar-refractivity contribution in [1.82, 2.24) is 4.90 Å². The maximum Gasteiger partial charge on any atom is 0.394 e. The zero-order valence-corrected chi connectivity index (χ0v) is 19.7. The lowest BCUT2D eigenvalue weighted by Crippen LogP contribution is -2.42. The van der Waals surface area contributed by atoms with Crippen molar-refractivity contribution in [2.24, 2.45) is 0 Å². The Balaban J connectivity index is 2.96. The van der Waals surface area contributed by atoms with Gasteiger partial charge in [-0.2, -0.15) is 0 Å². The third kappa shape index (κ3) is 7.16. The Morgan fingerprint density at radius 2 is 1.93 bits per heavy atom. The van der Waals surface area contributed by atoms with Crippen molar-refractivity contribution >= 4 is 20.4 Å². The minimum absolute atomic E-state index is 0.0944. The molecule has 1 N–H and O–H groups in total. The SMILES string of the molecule is C=C(CO[Si](C)(C)C(C)(C)C)CN(Cc1ccc(OC)cc1OC)C(=O)C=[N+]=N. The molecule has 0 aliphatic heterocycles. The van der Waals surface area contributed by atoms with Crippen LogP contribution in [0.5, 0.6) is 11.5 Å². The van der Waals surface area contributed by atoms with Crippen molar-refractivity contribution in [2.75, 3.05) is 27.4 Å². The summed E-state index contributed by atoms with van der Waals surface area (Å²) in [5, 5.41) is 0.0944. The number of benzene rings is 1. The molecule has 0 heterocycles. The number of carbonyl (C=O) groups excluding carboxylic acids is 1. The maximum absolute atomic E-state index is 12.5. The molecular formula is C21H34N3O4Si+. The van der Waals surface area contributed by atoms with Gasteiger partial charge >= 0.3 is 12.1 Å². The van der Waals surface area contributed by atoms with Gasteiger partial charge in [-0.25, -0.2) is 0 Å². The molecule has 0 saturated heterocycles. The lowest BCUT2D eigenvalue weighted by atomic mass is 10.1. The first-order valence-corrected chi connectivity index (χ1v) is 12.4. The average molecular weight is 421 g/mol. The van der Waals surface area contributed by atoms with Crippen molar-refractivity contribution in [3.63, 3.8) is 0 Å². The number of nitrogens with zero attached hydrogens (tertiary/aromatic N) is 2. The molecule has 1 amide bonds. The van der Waals surface area contributed by atoms with E-state index in [1.807, 2.05) is 12.1 Å². The van der Waals surface area contributed by atoms with Crippen LogP contribution in [0.2, 0.25) is 18.1 Å². The van der Waals surface area contributed by atoms with Gasteiger partial charge in [0.05, 0.1) is 37.7 Å². The molecule has 0 fully saturated rings. The summed E-state index contributed by atoms with van der Waals surface area (Å²) in [6.07, 6.45) is 0.984. The monoisotopic (exact) mass is 420 g/mol. The molecule has 1 rings (SSSR count). The van der Waals surface area contributed by atoms with Gasteiger partial charge in [0.25, 0.3) is 0 Å². The first-order valence-electron chi connectivity index (χ1n) is 9.45. The summed E-state index contributed by atoms with van der Waals surface area (Å²) in [7, 11) is 1.24. The Labute approximate surface area is 175 Å². The first kappa shape index (κ1) is 24.6. The van der Waals surface area contributed by atoms with Crippen molar-refractivity contribution in [1.29, 1.82) is 5.53 Å². The van der Waals surface area contributed by atoms with E-state index in [1.54, 1.807) is 25.2 Å². The lowest BCUT2D eigenvalue weighted by molar-refractivity contribution is -0.139. The summed E-state index contributed by atoms with van der Waals surface area (Å²) in [4.78, 5) is 17.2. The van der Waals surface area contributed by atoms with Crippen molar-refractivity contribution < 1.29 is 23.5 Å². The van der Waals surface area contributed by atoms with E-state index in [1.165, 1.54) is 0 Å². The number of carbonyl (C=O) groups is 1. The molecule has 1 aromatic carbocycles. The molecule has 0 bridgehead atoms. The largest absolute Gasteiger partial charge is 0.497 e. The number of nitrogens with one attached hydrogen (secondary N) is 1. The highest BCUT2D eigenvalue weighted by Crippen LogP contribution is 2.36. The average Bonchev–Trinajstić information content (AvgIpc) is 2.65. The predicted molar refractivity (Wildman–Crippen MR) is 116 cm³/mol. The molecule has 160 valence electrons. The number of amides is 1. The third-order valence-corrected chi connectivity index (χ3v) is 9.68. The first-order chi connectivity index (χ1) is 13.4. The molecule has 1 aromatic rings. The van der Waals surface area contributed by atoms with Gasteiger partial charge in [-0.05, 0) is 35.8 Å². The number of methoxy groups -OCH3 is 2. The van der Waals surface area contributed by atoms with Gasteiger partial charge in [0.1, 0.15) is 11.5 Å². The highest BCUT2D eigenvalue weighted by molar-refractivity contribution is 6.74. The van der Waals surface area contributed by atoms with Crippen molar-refractivity contribution in [3.8, 4) is 11.5 Å². The Hall–Kier alpha value is -2.41. The molecule has 0 unspecified atom stereocenters. The van der Waals surface area contributed by atoms with Gasteiger partial charge < -0.3 is 18.8 Å². The van der Waals surface area contributed by atoms with Crippen LogP contribution < -0.4 is 9.47 Å². The molecule has 0 spiro atoms. The maximum atomic E-state index is 12.5. The summed E-state index contributed by atoms with van der Waals surface area (Å²) in [6, 6.07) is 5.44. The van der Waals surface area contributed by atoms with E-state index in [0.29, 0.717) is 24.7 Å². The van der Waals surface area contributed by atoms with Crippen molar-refractivity contribution in [3.05, 3.63) is 35.9 Å². The summed E-state index contributed by atoms with van der Waals surface area (Å²) in [5.41, 5.74) is 8.59. The van der Waals surface area contributed by atoms with Gasteiger partial charge in [0, 0.05) is 18.2 Å². The molecule has 0 radical (unpaired) electrons. The van der Waals surface area contributed by atoms with E-state index < -0.39 is 8.32 Å². The van der Waals surface area contributed by atoms with Gasteiger partial charge in [-0.15, -0.1) is 0 Å². The summed E-state index contributed by atoms with van der Waals surface area (Å²) in [5.74, 6) is 0.919. The quantitative estimate of drug-likeness (QED) is 0.204. The number of ether oxygens (including phenoxy) is 2. The molecular weight excluding hydrogens is 386 g/mol. The van der Waals surface area contributed by atoms with Crippen LogP contribution in [0.1, 0.15) is 26.3 Å². The molecule has 0 atom stereocenters. The predicted octanol–water partition coefficient (Wildman–Crippen LogP) is 3.92. The Morgan fingerprint density at radius 1 is 1.28 bits per heavy atom. The fraction of sp³-hybridized carbons (Fsp3) is 0.524. The van der Waals surface area contributed by atoms with E-state index in [2.05, 4.69) is 45.2 Å². The van der Waals surface area contributed by atoms with Crippen LogP contribution in [0, 0.1) is 5.53 Å². The molecule has 0 aliphatic carbocycles. The van der Waals surface area contributed by atoms with E-state index >= 15 is 0 Å². The van der Waals surface area contributed by atoms with Crippen LogP contribution in [0.15, 0.2) is 30.4 Å². The van der Waals surface area contributed by atoms with E-state index in [9.17, 15) is 4.79 Å². The van der Waals surface area contributed by atoms with Crippen LogP contribution in [0.25, 0.3) is 0 Å². The van der Waals surface area contributed by atoms with E-state index in [-0.39, 0.29) is 17.5 Å². The molecule has 8 heteroatoms. The minimum atomic E-state index is -1.92. The Kier molecular flexibility index (Phi) is 8.82. The normalized spacial score (nSPS) is 11.4. The molecule has 7 nitrogen and oxygen atoms in total. The van der Waals surface area contributed by atoms with Crippen LogP contribution in [0.4, 0.5) is 0 Å². The fourth-order valence-corrected chi connectivity index (χ4v) is 3.35. The lowest BCUT2D eigenvalue weighted by Gasteiger charge is -2.36. The fourth-order valence-electron chi connectivity index (χ4n) is 2.35. The van der Waals surface area contributed by atoms with Crippen LogP contribution in [-0.4, -0.2) is 57.5 Å². The second-order valence-corrected chi connectivity index (χ2v) is 13.2. The number of rotatable bonds is 10. The Morgan fingerprint density at radius 3 is 2.45 bits per heavy atom. The van der Waals surface area contributed by atoms with Gasteiger partial charge in [0.2, 0.25) is 0 Å². The standard InChI is InChI=1S/C21H34N3O4Si/c1-16(15-28-29(7,8)21(2,3)4)13-24(20(25)12-23-22)14-17-9-10-18(26-5)11-19(17)27-6/h9-12,22H,1,13-15H2,2-8H3/q+1. The smallest absolute Gasteiger partial charge is 0.394 e. The number of hydrogen-bond acceptors (Lipinski definition) is 5. The second-order valence-electron chi connectivity index (χ2n) is 8.43. The molecule has 29 heavy (non-hydrogen) atoms. The molecule has 0 aromatic heterocycles. The Bertz CT molecular complexity index is 781. The summed E-state index contributed by atoms with van der Waals surface area (Å²) >= 11 is 0. The zero-order valence-electron chi connectivity index (χ0n) is 18.7. The minimum Gasteiger partial charge on any atom is -0.497 e. The van der Waals surface area contributed by atoms with Crippen LogP contribution in [-0.2, 0) is 15.8 Å². The number of hydrogen-bond donors (Lipinski definition) is 1. The van der Waals surface area contributed by atoms with Gasteiger partial charge in [-0.1, -0.05) is 27.4 Å². The second kappa shape index (κ2) is 10.4. The van der Waals surface area contributed by atoms with E-state index in [4.69, 9.17) is 19.4 Å². The topological polar surface area (TPSA) is 86.0 Å². The third-order valence-electron chi connectivity index (χ3n) is 5.20. The highest BCUT2D eigenvalue weighted by Gasteiger charge is 2.37. The molecule has 0 aliphatic rings. The van der Waals surface area contributed by atoms with Crippen LogP contribution >= 0.6 is 0 Å². The zero-order chi connectivity index (χ0) is 22.2. The summed E-state index contributed by atoms with van der Waals surface area (Å²) in [6.45, 7) is 16.0. The highest BCUT2D eigenvalue weighted by atomic mass is 28.4. The van der Waals surface area contributed by atoms with Crippen molar-refractivity contribution in [2.45, 2.75) is 45.4 Å². The van der Waals surface area contributed by atoms with Gasteiger partial charge in [-0.3, -0.25) is 4.79 Å². The molecule has 0 saturated carbocycles. The van der Waals surface area contributed by atoms with E-state index in [0.717, 1.165) is 17.4 Å².